The zero-order valence-electron chi connectivity index (χ0n) is 9.85. The second-order valence-electron chi connectivity index (χ2n) is 3.73. The van der Waals surface area contributed by atoms with Gasteiger partial charge < -0.3 is 5.43 Å². The second kappa shape index (κ2) is 5.84. The van der Waals surface area contributed by atoms with Gasteiger partial charge in [-0.05, 0) is 36.8 Å². The van der Waals surface area contributed by atoms with Gasteiger partial charge in [0.1, 0.15) is 5.82 Å². The van der Waals surface area contributed by atoms with Crippen molar-refractivity contribution in [2.45, 2.75) is 6.92 Å². The first kappa shape index (κ1) is 12.9. The molecule has 1 aromatic heterocycles. The molecule has 0 saturated heterocycles. The highest BCUT2D eigenvalue weighted by Gasteiger charge is 1.97. The number of aromatic nitrogens is 3. The number of rotatable bonds is 4. The van der Waals surface area contributed by atoms with Crippen LogP contribution in [0.3, 0.4) is 0 Å². The first-order valence-electron chi connectivity index (χ1n) is 5.47. The van der Waals surface area contributed by atoms with E-state index in [0.717, 1.165) is 16.4 Å². The summed E-state index contributed by atoms with van der Waals surface area (Å²) in [5.74, 6) is 0.805. The third-order valence-corrected chi connectivity index (χ3v) is 2.91. The molecule has 0 bridgehead atoms. The summed E-state index contributed by atoms with van der Waals surface area (Å²) < 4.78 is 2.30. The van der Waals surface area contributed by atoms with Gasteiger partial charge in [0, 0.05) is 11.6 Å². The van der Waals surface area contributed by atoms with Crippen LogP contribution in [0.15, 0.2) is 30.3 Å². The minimum Gasteiger partial charge on any atom is -0.318 e. The number of aryl methyl sites for hydroxylation is 1. The van der Waals surface area contributed by atoms with Gasteiger partial charge in [-0.2, -0.15) is 5.10 Å². The summed E-state index contributed by atoms with van der Waals surface area (Å²) in [5.41, 5.74) is 4.25. The van der Waals surface area contributed by atoms with Crippen LogP contribution in [0.2, 0.25) is 5.02 Å². The average molecular weight is 281 g/mol. The van der Waals surface area contributed by atoms with E-state index >= 15 is 0 Å². The van der Waals surface area contributed by atoms with Crippen molar-refractivity contribution in [3.05, 3.63) is 51.5 Å². The van der Waals surface area contributed by atoms with E-state index in [0.29, 0.717) is 11.3 Å². The molecule has 0 aliphatic heterocycles. The maximum Gasteiger partial charge on any atom is 0.214 e. The molecule has 94 valence electrons. The summed E-state index contributed by atoms with van der Waals surface area (Å²) in [5, 5.41) is 7.46. The summed E-state index contributed by atoms with van der Waals surface area (Å²) >= 11 is 10.9. The van der Waals surface area contributed by atoms with E-state index in [4.69, 9.17) is 23.8 Å². The van der Waals surface area contributed by atoms with Gasteiger partial charge in [0.05, 0.1) is 0 Å². The van der Waals surface area contributed by atoms with E-state index in [1.54, 1.807) is 4.68 Å². The van der Waals surface area contributed by atoms with Crippen molar-refractivity contribution in [2.75, 3.05) is 12.0 Å². The highest BCUT2D eigenvalue weighted by molar-refractivity contribution is 7.71. The molecule has 1 aromatic carbocycles. The maximum atomic E-state index is 5.81. The van der Waals surface area contributed by atoms with Crippen LogP contribution < -0.4 is 5.43 Å². The molecule has 0 aliphatic carbocycles. The zero-order chi connectivity index (χ0) is 13.0. The molecule has 0 unspecified atom stereocenters. The summed E-state index contributed by atoms with van der Waals surface area (Å²) in [4.78, 5) is 0. The van der Waals surface area contributed by atoms with Crippen LogP contribution in [-0.4, -0.2) is 21.4 Å². The average Bonchev–Trinajstić information content (AvgIpc) is 2.68. The minimum atomic E-state index is 0.562. The van der Waals surface area contributed by atoms with Gasteiger partial charge in [0.25, 0.3) is 0 Å². The fraction of sp³-hybridized carbons (Fsp3) is 0.167. The standard InChI is InChI=1S/C12H13ClN4S/c1-9-15-16-12(18)17(9)14-8-2-3-10-4-6-11(13)7-5-10/h2-7,14H,8H2,1H3,(H,16,18)/b3-2+. The predicted octanol–water partition coefficient (Wildman–Crippen LogP) is 3.16. The quantitative estimate of drug-likeness (QED) is 0.846. The van der Waals surface area contributed by atoms with Crippen LogP contribution in [0, 0.1) is 11.7 Å². The van der Waals surface area contributed by atoms with Crippen LogP contribution in [0.1, 0.15) is 11.4 Å². The van der Waals surface area contributed by atoms with E-state index < -0.39 is 0 Å². The lowest BCUT2D eigenvalue weighted by molar-refractivity contribution is 0.832. The van der Waals surface area contributed by atoms with Crippen molar-refractivity contribution in [1.29, 1.82) is 0 Å². The number of nitrogens with one attached hydrogen (secondary N) is 2. The molecule has 0 radical (unpaired) electrons. The molecule has 1 heterocycles. The number of halogens is 1. The maximum absolute atomic E-state index is 5.81. The molecule has 6 heteroatoms. The van der Waals surface area contributed by atoms with Crippen LogP contribution in [0.25, 0.3) is 6.08 Å². The van der Waals surface area contributed by atoms with Gasteiger partial charge in [0.2, 0.25) is 4.77 Å². The molecular formula is C12H13ClN4S. The molecule has 4 nitrogen and oxygen atoms in total. The third kappa shape index (κ3) is 3.21. The second-order valence-corrected chi connectivity index (χ2v) is 4.55. The summed E-state index contributed by atoms with van der Waals surface area (Å²) in [6.45, 7) is 2.54. The number of hydrogen-bond donors (Lipinski definition) is 2. The van der Waals surface area contributed by atoms with Crippen LogP contribution in [0.5, 0.6) is 0 Å². The Bertz CT molecular complexity index is 597. The number of benzene rings is 1. The SMILES string of the molecule is Cc1n[nH]c(=S)n1NC/C=C/c1ccc(Cl)cc1. The van der Waals surface area contributed by atoms with E-state index in [1.165, 1.54) is 0 Å². The van der Waals surface area contributed by atoms with Crippen molar-refractivity contribution < 1.29 is 0 Å². The van der Waals surface area contributed by atoms with Crippen molar-refractivity contribution in [1.82, 2.24) is 14.9 Å². The Hall–Kier alpha value is -1.59. The number of nitrogens with zero attached hydrogens (tertiary/aromatic N) is 2. The Morgan fingerprint density at radius 1 is 1.44 bits per heavy atom. The lowest BCUT2D eigenvalue weighted by atomic mass is 10.2. The highest BCUT2D eigenvalue weighted by atomic mass is 35.5. The first-order chi connectivity index (χ1) is 8.66. The van der Waals surface area contributed by atoms with Gasteiger partial charge in [-0.15, -0.1) is 0 Å². The fourth-order valence-corrected chi connectivity index (χ4v) is 1.84. The molecule has 0 fully saturated rings. The molecule has 0 saturated carbocycles. The summed E-state index contributed by atoms with van der Waals surface area (Å²) in [6.07, 6.45) is 4.03. The normalized spacial score (nSPS) is 11.0. The van der Waals surface area contributed by atoms with Crippen LogP contribution >= 0.6 is 23.8 Å². The lowest BCUT2D eigenvalue weighted by Crippen LogP contribution is -2.16. The lowest BCUT2D eigenvalue weighted by Gasteiger charge is -2.04. The first-order valence-corrected chi connectivity index (χ1v) is 6.25. The number of H-pyrrole nitrogens is 1. The Balaban J connectivity index is 1.93. The Morgan fingerprint density at radius 2 is 2.17 bits per heavy atom. The highest BCUT2D eigenvalue weighted by Crippen LogP contribution is 2.10. The van der Waals surface area contributed by atoms with Crippen molar-refractivity contribution in [3.8, 4) is 0 Å². The Labute approximate surface area is 115 Å². The fourth-order valence-electron chi connectivity index (χ4n) is 1.47. The van der Waals surface area contributed by atoms with Gasteiger partial charge in [-0.3, -0.25) is 5.10 Å². The van der Waals surface area contributed by atoms with Crippen molar-refractivity contribution in [2.24, 2.45) is 0 Å². The topological polar surface area (TPSA) is 45.6 Å². The smallest absolute Gasteiger partial charge is 0.214 e. The molecular weight excluding hydrogens is 268 g/mol. The van der Waals surface area contributed by atoms with E-state index in [2.05, 4.69) is 15.6 Å². The molecule has 2 rings (SSSR count). The van der Waals surface area contributed by atoms with Crippen molar-refractivity contribution >= 4 is 29.9 Å². The molecule has 0 atom stereocenters. The molecule has 18 heavy (non-hydrogen) atoms. The number of aromatic amines is 1. The Morgan fingerprint density at radius 3 is 2.78 bits per heavy atom. The van der Waals surface area contributed by atoms with Gasteiger partial charge >= 0.3 is 0 Å². The number of hydrogen-bond acceptors (Lipinski definition) is 3. The van der Waals surface area contributed by atoms with E-state index in [1.807, 2.05) is 43.3 Å². The van der Waals surface area contributed by atoms with Crippen LogP contribution in [0.4, 0.5) is 0 Å². The Kier molecular flexibility index (Phi) is 4.17. The molecule has 2 N–H and O–H groups in total. The van der Waals surface area contributed by atoms with E-state index in [9.17, 15) is 0 Å². The van der Waals surface area contributed by atoms with E-state index in [-0.39, 0.29) is 0 Å². The molecule has 0 aliphatic rings. The molecule has 0 spiro atoms. The largest absolute Gasteiger partial charge is 0.318 e. The van der Waals surface area contributed by atoms with Gasteiger partial charge in [-0.25, -0.2) is 4.68 Å². The monoisotopic (exact) mass is 280 g/mol. The zero-order valence-corrected chi connectivity index (χ0v) is 11.4. The molecule has 0 amide bonds. The van der Waals surface area contributed by atoms with Gasteiger partial charge in [-0.1, -0.05) is 35.9 Å². The van der Waals surface area contributed by atoms with Gasteiger partial charge in [0.15, 0.2) is 0 Å². The summed E-state index contributed by atoms with van der Waals surface area (Å²) in [7, 11) is 0. The third-order valence-electron chi connectivity index (χ3n) is 2.39. The summed E-state index contributed by atoms with van der Waals surface area (Å²) in [6, 6.07) is 7.66. The molecule has 2 aromatic rings. The minimum absolute atomic E-state index is 0.562. The predicted molar refractivity (Wildman–Crippen MR) is 76.9 cm³/mol. The van der Waals surface area contributed by atoms with Crippen LogP contribution in [-0.2, 0) is 0 Å². The van der Waals surface area contributed by atoms with Crippen molar-refractivity contribution in [3.63, 3.8) is 0 Å².